The minimum absolute atomic E-state index is 0.0864. The van der Waals surface area contributed by atoms with E-state index in [0.717, 1.165) is 11.2 Å². The van der Waals surface area contributed by atoms with Gasteiger partial charge >= 0.3 is 5.97 Å². The Labute approximate surface area is 157 Å². The second-order valence-electron chi connectivity index (χ2n) is 6.03. The number of hydrogen-bond donors (Lipinski definition) is 0. The molecule has 27 heavy (non-hydrogen) atoms. The van der Waals surface area contributed by atoms with Crippen LogP contribution in [0.1, 0.15) is 16.8 Å². The molecule has 0 radical (unpaired) electrons. The number of aromatic nitrogens is 2. The zero-order valence-electron chi connectivity index (χ0n) is 15.8. The zero-order chi connectivity index (χ0) is 19.4. The smallest absolute Gasteiger partial charge is 0.310 e. The number of methoxy groups -OCH3 is 3. The predicted octanol–water partition coefficient (Wildman–Crippen LogP) is 2.95. The maximum absolute atomic E-state index is 12.3. The van der Waals surface area contributed by atoms with Crippen molar-refractivity contribution in [2.45, 2.75) is 20.0 Å². The van der Waals surface area contributed by atoms with Gasteiger partial charge < -0.3 is 23.3 Å². The van der Waals surface area contributed by atoms with E-state index < -0.39 is 0 Å². The SMILES string of the molecule is COc1cc(CC(=O)OCc2cn3cccc(C)c3n2)cc(OC)c1OC. The third kappa shape index (κ3) is 3.97. The van der Waals surface area contributed by atoms with Gasteiger partial charge in [-0.25, -0.2) is 4.98 Å². The van der Waals surface area contributed by atoms with E-state index >= 15 is 0 Å². The van der Waals surface area contributed by atoms with Gasteiger partial charge in [0, 0.05) is 12.4 Å². The van der Waals surface area contributed by atoms with Crippen LogP contribution in [0.3, 0.4) is 0 Å². The number of fused-ring (bicyclic) bond motifs is 1. The molecular formula is C20H22N2O5. The van der Waals surface area contributed by atoms with Crippen molar-refractivity contribution in [3.8, 4) is 17.2 Å². The number of esters is 1. The molecule has 0 saturated heterocycles. The Bertz CT molecular complexity index is 939. The van der Waals surface area contributed by atoms with Crippen LogP contribution in [0.25, 0.3) is 5.65 Å². The van der Waals surface area contributed by atoms with Crippen LogP contribution in [0.4, 0.5) is 0 Å². The van der Waals surface area contributed by atoms with Crippen molar-refractivity contribution in [3.05, 3.63) is 53.5 Å². The number of carbonyl (C=O) groups excluding carboxylic acids is 1. The van der Waals surface area contributed by atoms with E-state index in [-0.39, 0.29) is 19.0 Å². The van der Waals surface area contributed by atoms with Gasteiger partial charge in [-0.3, -0.25) is 4.79 Å². The Morgan fingerprint density at radius 1 is 1.11 bits per heavy atom. The second kappa shape index (κ2) is 7.99. The average molecular weight is 370 g/mol. The highest BCUT2D eigenvalue weighted by Gasteiger charge is 2.16. The van der Waals surface area contributed by atoms with Crippen molar-refractivity contribution < 1.29 is 23.7 Å². The largest absolute Gasteiger partial charge is 0.493 e. The highest BCUT2D eigenvalue weighted by molar-refractivity contribution is 5.73. The lowest BCUT2D eigenvalue weighted by Gasteiger charge is -2.13. The molecule has 0 bridgehead atoms. The number of aryl methyl sites for hydroxylation is 1. The number of carbonyl (C=O) groups is 1. The van der Waals surface area contributed by atoms with E-state index in [2.05, 4.69) is 4.98 Å². The fourth-order valence-electron chi connectivity index (χ4n) is 2.88. The highest BCUT2D eigenvalue weighted by Crippen LogP contribution is 2.38. The van der Waals surface area contributed by atoms with Crippen LogP contribution in [0, 0.1) is 6.92 Å². The van der Waals surface area contributed by atoms with Crippen molar-refractivity contribution in [3.63, 3.8) is 0 Å². The van der Waals surface area contributed by atoms with Crippen LogP contribution in [0.2, 0.25) is 0 Å². The lowest BCUT2D eigenvalue weighted by Crippen LogP contribution is -2.09. The first-order valence-electron chi connectivity index (χ1n) is 8.43. The molecule has 1 aromatic carbocycles. The quantitative estimate of drug-likeness (QED) is 0.596. The average Bonchev–Trinajstić information content (AvgIpc) is 3.10. The van der Waals surface area contributed by atoms with Gasteiger partial charge in [0.15, 0.2) is 11.5 Å². The lowest BCUT2D eigenvalue weighted by atomic mass is 10.1. The van der Waals surface area contributed by atoms with Crippen LogP contribution in [0.5, 0.6) is 17.2 Å². The maximum Gasteiger partial charge on any atom is 0.310 e. The van der Waals surface area contributed by atoms with Crippen LogP contribution < -0.4 is 14.2 Å². The molecule has 0 spiro atoms. The van der Waals surface area contributed by atoms with Gasteiger partial charge in [-0.1, -0.05) is 6.07 Å². The molecule has 7 nitrogen and oxygen atoms in total. The topological polar surface area (TPSA) is 71.3 Å². The number of benzene rings is 1. The van der Waals surface area contributed by atoms with Crippen LogP contribution >= 0.6 is 0 Å². The summed E-state index contributed by atoms with van der Waals surface area (Å²) in [5.41, 5.74) is 3.32. The summed E-state index contributed by atoms with van der Waals surface area (Å²) < 4.78 is 23.2. The molecule has 3 aromatic rings. The molecule has 0 amide bonds. The molecule has 2 aromatic heterocycles. The van der Waals surface area contributed by atoms with Gasteiger partial charge in [0.25, 0.3) is 0 Å². The summed E-state index contributed by atoms with van der Waals surface area (Å²) in [6, 6.07) is 7.40. The maximum atomic E-state index is 12.3. The number of rotatable bonds is 7. The molecule has 0 aliphatic carbocycles. The molecule has 0 aliphatic heterocycles. The summed E-state index contributed by atoms with van der Waals surface area (Å²) in [5.74, 6) is 1.11. The van der Waals surface area contributed by atoms with Gasteiger partial charge in [-0.15, -0.1) is 0 Å². The standard InChI is InChI=1S/C20H22N2O5/c1-13-6-5-7-22-11-15(21-20(13)22)12-27-18(23)10-14-8-16(24-2)19(26-4)17(9-14)25-3/h5-9,11H,10,12H2,1-4H3. The van der Waals surface area contributed by atoms with Crippen LogP contribution in [0.15, 0.2) is 36.7 Å². The summed E-state index contributed by atoms with van der Waals surface area (Å²) in [4.78, 5) is 16.7. The van der Waals surface area contributed by atoms with Gasteiger partial charge in [-0.05, 0) is 36.2 Å². The Hall–Kier alpha value is -3.22. The van der Waals surface area contributed by atoms with E-state index in [1.165, 1.54) is 21.3 Å². The summed E-state index contributed by atoms with van der Waals surface area (Å²) in [7, 11) is 4.60. The number of pyridine rings is 1. The molecule has 0 fully saturated rings. The number of nitrogens with zero attached hydrogens (tertiary/aromatic N) is 2. The molecule has 0 saturated carbocycles. The summed E-state index contributed by atoms with van der Waals surface area (Å²) in [6.07, 6.45) is 3.86. The monoisotopic (exact) mass is 370 g/mol. The van der Waals surface area contributed by atoms with E-state index in [4.69, 9.17) is 18.9 Å². The van der Waals surface area contributed by atoms with Crippen molar-refractivity contribution >= 4 is 11.6 Å². The minimum atomic E-state index is -0.363. The first-order valence-corrected chi connectivity index (χ1v) is 8.43. The molecular weight excluding hydrogens is 348 g/mol. The highest BCUT2D eigenvalue weighted by atomic mass is 16.5. The first-order chi connectivity index (χ1) is 13.0. The first kappa shape index (κ1) is 18.6. The van der Waals surface area contributed by atoms with Gasteiger partial charge in [-0.2, -0.15) is 0 Å². The van der Waals surface area contributed by atoms with Crippen LogP contribution in [-0.4, -0.2) is 36.7 Å². The number of ether oxygens (including phenoxy) is 4. The Kier molecular flexibility index (Phi) is 5.49. The van der Waals surface area contributed by atoms with Gasteiger partial charge in [0.2, 0.25) is 5.75 Å². The van der Waals surface area contributed by atoms with Gasteiger partial charge in [0.05, 0.1) is 33.4 Å². The zero-order valence-corrected chi connectivity index (χ0v) is 15.8. The fraction of sp³-hybridized carbons (Fsp3) is 0.300. The van der Waals surface area contributed by atoms with Gasteiger partial charge in [0.1, 0.15) is 12.3 Å². The number of hydrogen-bond acceptors (Lipinski definition) is 6. The Morgan fingerprint density at radius 3 is 2.41 bits per heavy atom. The molecule has 142 valence electrons. The van der Waals surface area contributed by atoms with E-state index in [9.17, 15) is 4.79 Å². The third-order valence-corrected chi connectivity index (χ3v) is 4.18. The summed E-state index contributed by atoms with van der Waals surface area (Å²) >= 11 is 0. The van der Waals surface area contributed by atoms with E-state index in [1.54, 1.807) is 12.1 Å². The molecule has 3 rings (SSSR count). The van der Waals surface area contributed by atoms with E-state index in [0.29, 0.717) is 28.5 Å². The van der Waals surface area contributed by atoms with Crippen molar-refractivity contribution in [1.82, 2.24) is 9.38 Å². The van der Waals surface area contributed by atoms with Crippen molar-refractivity contribution in [1.29, 1.82) is 0 Å². The lowest BCUT2D eigenvalue weighted by molar-refractivity contribution is -0.144. The minimum Gasteiger partial charge on any atom is -0.493 e. The molecule has 0 N–H and O–H groups in total. The fourth-order valence-corrected chi connectivity index (χ4v) is 2.88. The normalized spacial score (nSPS) is 10.7. The molecule has 2 heterocycles. The van der Waals surface area contributed by atoms with Crippen molar-refractivity contribution in [2.24, 2.45) is 0 Å². The molecule has 0 atom stereocenters. The number of imidazole rings is 1. The van der Waals surface area contributed by atoms with Crippen molar-refractivity contribution in [2.75, 3.05) is 21.3 Å². The third-order valence-electron chi connectivity index (χ3n) is 4.18. The molecule has 0 aliphatic rings. The van der Waals surface area contributed by atoms with Crippen LogP contribution in [-0.2, 0) is 22.6 Å². The Morgan fingerprint density at radius 2 is 1.81 bits per heavy atom. The van der Waals surface area contributed by atoms with E-state index in [1.807, 2.05) is 35.9 Å². The molecule has 7 heteroatoms. The summed E-state index contributed by atoms with van der Waals surface area (Å²) in [6.45, 7) is 2.10. The predicted molar refractivity (Wildman–Crippen MR) is 99.5 cm³/mol. The Balaban J connectivity index is 1.69. The summed E-state index contributed by atoms with van der Waals surface area (Å²) in [5, 5.41) is 0. The second-order valence-corrected chi connectivity index (χ2v) is 6.03. The molecule has 0 unspecified atom stereocenters.